The molecule has 0 fully saturated rings. The molecule has 0 saturated carbocycles. The first-order valence-corrected chi connectivity index (χ1v) is 6.53. The summed E-state index contributed by atoms with van der Waals surface area (Å²) in [6.07, 6.45) is 1.58. The summed E-state index contributed by atoms with van der Waals surface area (Å²) in [6.45, 7) is 0. The summed E-state index contributed by atoms with van der Waals surface area (Å²) in [4.78, 5) is 0. The Morgan fingerprint density at radius 3 is 2.41 bits per heavy atom. The van der Waals surface area contributed by atoms with Crippen LogP contribution in [0.25, 0.3) is 16.8 Å². The Morgan fingerprint density at radius 2 is 1.77 bits per heavy atom. The zero-order valence-corrected chi connectivity index (χ0v) is 11.4. The van der Waals surface area contributed by atoms with Gasteiger partial charge in [-0.15, -0.1) is 0 Å². The molecule has 5 heteroatoms. The maximum Gasteiger partial charge on any atom is 0.150 e. The fraction of sp³-hybridized carbons (Fsp3) is 0. The van der Waals surface area contributed by atoms with Gasteiger partial charge in [-0.05, 0) is 17.7 Å². The molecule has 3 rings (SSSR count). The van der Waals surface area contributed by atoms with Gasteiger partial charge in [-0.3, -0.25) is 4.57 Å². The fourth-order valence-electron chi connectivity index (χ4n) is 2.35. The van der Waals surface area contributed by atoms with E-state index in [-0.39, 0.29) is 17.1 Å². The van der Waals surface area contributed by atoms with Crippen LogP contribution in [0.4, 0.5) is 14.6 Å². The standard InChI is InChI=1S/C17H11F2N3/c18-12-6-7-16(15(19)8-12)22-10-14(13(9-20)17(22)21)11-4-2-1-3-5-11/h1-8,10H,21H2. The van der Waals surface area contributed by atoms with Crippen molar-refractivity contribution in [3.8, 4) is 22.9 Å². The summed E-state index contributed by atoms with van der Waals surface area (Å²) in [6, 6.07) is 14.5. The number of nitriles is 1. The summed E-state index contributed by atoms with van der Waals surface area (Å²) < 4.78 is 28.4. The molecule has 0 amide bonds. The Bertz CT molecular complexity index is 877. The van der Waals surface area contributed by atoms with Crippen molar-refractivity contribution in [2.45, 2.75) is 0 Å². The maximum absolute atomic E-state index is 14.0. The lowest BCUT2D eigenvalue weighted by Crippen LogP contribution is -2.02. The second-order valence-corrected chi connectivity index (χ2v) is 4.75. The predicted molar refractivity (Wildman–Crippen MR) is 80.2 cm³/mol. The van der Waals surface area contributed by atoms with E-state index in [4.69, 9.17) is 5.73 Å². The van der Waals surface area contributed by atoms with Gasteiger partial charge in [0.1, 0.15) is 29.1 Å². The van der Waals surface area contributed by atoms with Crippen molar-refractivity contribution >= 4 is 5.82 Å². The highest BCUT2D eigenvalue weighted by Gasteiger charge is 2.17. The van der Waals surface area contributed by atoms with E-state index in [1.54, 1.807) is 6.20 Å². The summed E-state index contributed by atoms with van der Waals surface area (Å²) in [7, 11) is 0. The molecule has 108 valence electrons. The van der Waals surface area contributed by atoms with Crippen LogP contribution in [0.15, 0.2) is 54.7 Å². The first kappa shape index (κ1) is 13.8. The van der Waals surface area contributed by atoms with E-state index in [2.05, 4.69) is 0 Å². The van der Waals surface area contributed by atoms with Crippen molar-refractivity contribution in [3.05, 3.63) is 71.9 Å². The quantitative estimate of drug-likeness (QED) is 0.780. The molecule has 0 aliphatic heterocycles. The molecular weight excluding hydrogens is 284 g/mol. The Morgan fingerprint density at radius 1 is 1.05 bits per heavy atom. The smallest absolute Gasteiger partial charge is 0.150 e. The molecule has 0 aliphatic rings. The number of aromatic nitrogens is 1. The van der Waals surface area contributed by atoms with Crippen LogP contribution < -0.4 is 5.73 Å². The second kappa shape index (κ2) is 5.34. The number of halogens is 2. The number of nitrogens with zero attached hydrogens (tertiary/aromatic N) is 2. The number of nitrogen functional groups attached to an aromatic ring is 1. The van der Waals surface area contributed by atoms with E-state index in [1.165, 1.54) is 10.6 Å². The zero-order chi connectivity index (χ0) is 15.7. The summed E-state index contributed by atoms with van der Waals surface area (Å²) in [5.41, 5.74) is 7.72. The van der Waals surface area contributed by atoms with E-state index in [9.17, 15) is 14.0 Å². The van der Waals surface area contributed by atoms with Crippen molar-refractivity contribution in [2.24, 2.45) is 0 Å². The van der Waals surface area contributed by atoms with Gasteiger partial charge in [-0.1, -0.05) is 30.3 Å². The Kier molecular flexibility index (Phi) is 3.36. The lowest BCUT2D eigenvalue weighted by molar-refractivity contribution is 0.578. The summed E-state index contributed by atoms with van der Waals surface area (Å²) >= 11 is 0. The molecule has 0 aliphatic carbocycles. The van der Waals surface area contributed by atoms with E-state index < -0.39 is 11.6 Å². The van der Waals surface area contributed by atoms with Crippen LogP contribution in [0.1, 0.15) is 5.56 Å². The summed E-state index contributed by atoms with van der Waals surface area (Å²) in [5.74, 6) is -1.30. The van der Waals surface area contributed by atoms with E-state index in [0.29, 0.717) is 5.56 Å². The SMILES string of the molecule is N#Cc1c(-c2ccccc2)cn(-c2ccc(F)cc2F)c1N. The summed E-state index contributed by atoms with van der Waals surface area (Å²) in [5, 5.41) is 9.34. The third-order valence-corrected chi connectivity index (χ3v) is 3.41. The van der Waals surface area contributed by atoms with Crippen LogP contribution in [0, 0.1) is 23.0 Å². The molecule has 2 N–H and O–H groups in total. The van der Waals surface area contributed by atoms with Crippen LogP contribution in [0.5, 0.6) is 0 Å². The monoisotopic (exact) mass is 295 g/mol. The molecule has 0 bridgehead atoms. The molecule has 22 heavy (non-hydrogen) atoms. The van der Waals surface area contributed by atoms with Gasteiger partial charge in [-0.25, -0.2) is 8.78 Å². The van der Waals surface area contributed by atoms with Gasteiger partial charge in [0, 0.05) is 17.8 Å². The van der Waals surface area contributed by atoms with Crippen molar-refractivity contribution in [3.63, 3.8) is 0 Å². The molecule has 0 spiro atoms. The first-order valence-electron chi connectivity index (χ1n) is 6.53. The Hall–Kier alpha value is -3.13. The topological polar surface area (TPSA) is 54.7 Å². The van der Waals surface area contributed by atoms with Gasteiger partial charge in [-0.2, -0.15) is 5.26 Å². The van der Waals surface area contributed by atoms with Gasteiger partial charge < -0.3 is 5.73 Å². The highest BCUT2D eigenvalue weighted by Crippen LogP contribution is 2.32. The number of benzene rings is 2. The normalized spacial score (nSPS) is 10.4. The molecule has 0 saturated heterocycles. The van der Waals surface area contributed by atoms with Gasteiger partial charge in [0.25, 0.3) is 0 Å². The molecule has 2 aromatic carbocycles. The van der Waals surface area contributed by atoms with Crippen molar-refractivity contribution in [2.75, 3.05) is 5.73 Å². The van der Waals surface area contributed by atoms with E-state index in [1.807, 2.05) is 36.4 Å². The third-order valence-electron chi connectivity index (χ3n) is 3.41. The Balaban J connectivity index is 2.23. The van der Waals surface area contributed by atoms with Crippen LogP contribution >= 0.6 is 0 Å². The first-order chi connectivity index (χ1) is 10.6. The third kappa shape index (κ3) is 2.21. The number of rotatable bonds is 2. The van der Waals surface area contributed by atoms with Crippen LogP contribution in [-0.2, 0) is 0 Å². The number of nitrogens with two attached hydrogens (primary N) is 1. The molecule has 0 unspecified atom stereocenters. The molecule has 1 heterocycles. The van der Waals surface area contributed by atoms with Gasteiger partial charge in [0.15, 0.2) is 0 Å². The van der Waals surface area contributed by atoms with Crippen LogP contribution in [0.2, 0.25) is 0 Å². The van der Waals surface area contributed by atoms with Gasteiger partial charge in [0.05, 0.1) is 5.69 Å². The minimum Gasteiger partial charge on any atom is -0.384 e. The molecule has 0 atom stereocenters. The number of hydrogen-bond acceptors (Lipinski definition) is 2. The van der Waals surface area contributed by atoms with Crippen LogP contribution in [0.3, 0.4) is 0 Å². The van der Waals surface area contributed by atoms with E-state index in [0.717, 1.165) is 17.7 Å². The molecule has 3 nitrogen and oxygen atoms in total. The average molecular weight is 295 g/mol. The minimum atomic E-state index is -0.745. The zero-order valence-electron chi connectivity index (χ0n) is 11.4. The van der Waals surface area contributed by atoms with Crippen molar-refractivity contribution in [1.82, 2.24) is 4.57 Å². The lowest BCUT2D eigenvalue weighted by atomic mass is 10.1. The minimum absolute atomic E-state index is 0.0950. The van der Waals surface area contributed by atoms with Crippen molar-refractivity contribution in [1.29, 1.82) is 5.26 Å². The fourth-order valence-corrected chi connectivity index (χ4v) is 2.35. The predicted octanol–water partition coefficient (Wildman–Crippen LogP) is 3.88. The lowest BCUT2D eigenvalue weighted by Gasteiger charge is -2.07. The molecule has 3 aromatic rings. The second-order valence-electron chi connectivity index (χ2n) is 4.75. The van der Waals surface area contributed by atoms with Crippen LogP contribution in [-0.4, -0.2) is 4.57 Å². The molecular formula is C17H11F2N3. The van der Waals surface area contributed by atoms with Crippen molar-refractivity contribution < 1.29 is 8.78 Å². The number of hydrogen-bond donors (Lipinski definition) is 1. The van der Waals surface area contributed by atoms with Gasteiger partial charge >= 0.3 is 0 Å². The molecule has 0 radical (unpaired) electrons. The highest BCUT2D eigenvalue weighted by molar-refractivity contribution is 5.77. The van der Waals surface area contributed by atoms with Gasteiger partial charge in [0.2, 0.25) is 0 Å². The maximum atomic E-state index is 14.0. The number of anilines is 1. The highest BCUT2D eigenvalue weighted by atomic mass is 19.1. The van der Waals surface area contributed by atoms with E-state index >= 15 is 0 Å². The molecule has 1 aromatic heterocycles. The largest absolute Gasteiger partial charge is 0.384 e. The average Bonchev–Trinajstić information content (AvgIpc) is 2.85. The Labute approximate surface area is 125 Å².